The van der Waals surface area contributed by atoms with Crippen molar-refractivity contribution < 1.29 is 5.11 Å². The molecule has 1 N–H and O–H groups in total. The van der Waals surface area contributed by atoms with Gasteiger partial charge in [-0.15, -0.1) is 0 Å². The molecule has 0 saturated carbocycles. The van der Waals surface area contributed by atoms with Gasteiger partial charge in [-0.05, 0) is 57.4 Å². The Bertz CT molecular complexity index is 794. The maximum Gasteiger partial charge on any atom is 0.117 e. The van der Waals surface area contributed by atoms with Crippen LogP contribution in [0.15, 0.2) is 64.9 Å². The molecule has 0 spiro atoms. The average Bonchev–Trinajstić information content (AvgIpc) is 2.44. The quantitative estimate of drug-likeness (QED) is 0.764. The van der Waals surface area contributed by atoms with Gasteiger partial charge in [-0.1, -0.05) is 41.9 Å². The molecule has 0 amide bonds. The molecule has 2 heteroatoms. The van der Waals surface area contributed by atoms with E-state index < -0.39 is 0 Å². The summed E-state index contributed by atoms with van der Waals surface area (Å²) in [6.45, 7) is 11.7. The number of hydrogen-bond donors (Lipinski definition) is 1. The lowest BCUT2D eigenvalue weighted by molar-refractivity contribution is 0.471. The third-order valence-corrected chi connectivity index (χ3v) is 4.81. The van der Waals surface area contributed by atoms with Crippen LogP contribution in [0.2, 0.25) is 0 Å². The predicted octanol–water partition coefficient (Wildman–Crippen LogP) is 5.62. The van der Waals surface area contributed by atoms with Gasteiger partial charge in [-0.2, -0.15) is 0 Å². The third-order valence-electron chi connectivity index (χ3n) is 4.81. The van der Waals surface area contributed by atoms with Crippen molar-refractivity contribution in [1.82, 2.24) is 0 Å². The maximum absolute atomic E-state index is 10.3. The molecule has 1 aliphatic carbocycles. The average molecular weight is 321 g/mol. The molecule has 1 unspecified atom stereocenters. The zero-order valence-electron chi connectivity index (χ0n) is 15.4. The van der Waals surface area contributed by atoms with Crippen LogP contribution >= 0.6 is 0 Å². The SMILES string of the molecule is CC1=CN(c2cc(O)cc(C3(C)C=C(C)C=C(C)C3)c2)CC(C)=C1. The van der Waals surface area contributed by atoms with Crippen molar-refractivity contribution in [2.24, 2.45) is 0 Å². The Morgan fingerprint density at radius 1 is 0.958 bits per heavy atom. The van der Waals surface area contributed by atoms with Gasteiger partial charge in [0.2, 0.25) is 0 Å². The fraction of sp³-hybridized carbons (Fsp3) is 0.364. The minimum Gasteiger partial charge on any atom is -0.508 e. The van der Waals surface area contributed by atoms with Gasteiger partial charge in [-0.25, -0.2) is 0 Å². The second-order valence-corrected chi connectivity index (χ2v) is 7.70. The number of allylic oxidation sites excluding steroid dienone is 6. The van der Waals surface area contributed by atoms with Crippen LogP contribution < -0.4 is 4.90 Å². The summed E-state index contributed by atoms with van der Waals surface area (Å²) in [4.78, 5) is 2.22. The normalized spacial score (nSPS) is 24.1. The van der Waals surface area contributed by atoms with Crippen LogP contribution in [0.25, 0.3) is 0 Å². The number of anilines is 1. The minimum absolute atomic E-state index is 0.0736. The lowest BCUT2D eigenvalue weighted by Crippen LogP contribution is -2.25. The van der Waals surface area contributed by atoms with Gasteiger partial charge < -0.3 is 10.0 Å². The number of aromatic hydroxyl groups is 1. The van der Waals surface area contributed by atoms with E-state index in [9.17, 15) is 5.11 Å². The summed E-state index contributed by atoms with van der Waals surface area (Å²) in [7, 11) is 0. The summed E-state index contributed by atoms with van der Waals surface area (Å²) in [6, 6.07) is 6.00. The largest absolute Gasteiger partial charge is 0.508 e. The lowest BCUT2D eigenvalue weighted by atomic mass is 9.73. The van der Waals surface area contributed by atoms with E-state index in [2.05, 4.69) is 70.0 Å². The summed E-state index contributed by atoms with van der Waals surface area (Å²) in [6.07, 6.45) is 9.92. The Hall–Kier alpha value is -2.22. The monoisotopic (exact) mass is 321 g/mol. The molecule has 0 saturated heterocycles. The first-order chi connectivity index (χ1) is 11.2. The summed E-state index contributed by atoms with van der Waals surface area (Å²) in [5.74, 6) is 0.334. The number of nitrogens with zero attached hydrogens (tertiary/aromatic N) is 1. The van der Waals surface area contributed by atoms with Crippen LogP contribution in [0.5, 0.6) is 5.75 Å². The molecule has 126 valence electrons. The highest BCUT2D eigenvalue weighted by atomic mass is 16.3. The van der Waals surface area contributed by atoms with Gasteiger partial charge in [-0.3, -0.25) is 0 Å². The van der Waals surface area contributed by atoms with Crippen molar-refractivity contribution in [1.29, 1.82) is 0 Å². The second-order valence-electron chi connectivity index (χ2n) is 7.70. The molecular weight excluding hydrogens is 294 g/mol. The highest BCUT2D eigenvalue weighted by Gasteiger charge is 2.28. The molecule has 1 aromatic rings. The van der Waals surface area contributed by atoms with Gasteiger partial charge in [0.15, 0.2) is 0 Å². The Kier molecular flexibility index (Phi) is 4.16. The summed E-state index contributed by atoms with van der Waals surface area (Å²) < 4.78 is 0. The maximum atomic E-state index is 10.3. The highest BCUT2D eigenvalue weighted by Crippen LogP contribution is 2.40. The molecule has 1 aromatic carbocycles. The van der Waals surface area contributed by atoms with Crippen molar-refractivity contribution in [3.8, 4) is 5.75 Å². The summed E-state index contributed by atoms with van der Waals surface area (Å²) in [5, 5.41) is 10.3. The smallest absolute Gasteiger partial charge is 0.117 e. The lowest BCUT2D eigenvalue weighted by Gasteiger charge is -2.33. The van der Waals surface area contributed by atoms with E-state index in [0.29, 0.717) is 5.75 Å². The van der Waals surface area contributed by atoms with Gasteiger partial charge in [0, 0.05) is 29.9 Å². The predicted molar refractivity (Wildman–Crippen MR) is 102 cm³/mol. The van der Waals surface area contributed by atoms with E-state index in [1.54, 1.807) is 0 Å². The molecular formula is C22H27NO. The molecule has 2 aliphatic rings. The number of phenolic OH excluding ortho intramolecular Hbond substituents is 1. The Morgan fingerprint density at radius 3 is 2.33 bits per heavy atom. The number of hydrogen-bond acceptors (Lipinski definition) is 2. The molecule has 3 rings (SSSR count). The third kappa shape index (κ3) is 3.33. The number of rotatable bonds is 2. The first-order valence-corrected chi connectivity index (χ1v) is 8.59. The second kappa shape index (κ2) is 6.01. The zero-order chi connectivity index (χ0) is 17.5. The van der Waals surface area contributed by atoms with Crippen LogP contribution in [0, 0.1) is 0 Å². The van der Waals surface area contributed by atoms with E-state index in [1.807, 2.05) is 12.1 Å². The van der Waals surface area contributed by atoms with Crippen molar-refractivity contribution in [3.05, 3.63) is 70.5 Å². The van der Waals surface area contributed by atoms with E-state index in [-0.39, 0.29) is 5.41 Å². The van der Waals surface area contributed by atoms with Gasteiger partial charge in [0.1, 0.15) is 5.75 Å². The first-order valence-electron chi connectivity index (χ1n) is 8.59. The van der Waals surface area contributed by atoms with E-state index in [0.717, 1.165) is 18.7 Å². The van der Waals surface area contributed by atoms with Crippen molar-refractivity contribution in [3.63, 3.8) is 0 Å². The molecule has 1 heterocycles. The molecule has 0 aromatic heterocycles. The summed E-state index contributed by atoms with van der Waals surface area (Å²) >= 11 is 0. The topological polar surface area (TPSA) is 23.5 Å². The van der Waals surface area contributed by atoms with Crippen molar-refractivity contribution >= 4 is 5.69 Å². The fourth-order valence-electron chi connectivity index (χ4n) is 4.09. The fourth-order valence-corrected chi connectivity index (χ4v) is 4.09. The standard InChI is InChI=1S/C22H27NO/c1-15-6-16(2)12-22(5,11-15)19-8-20(10-21(24)9-19)23-13-17(3)7-18(4)14-23/h6-11,13,24H,12,14H2,1-5H3. The number of benzene rings is 1. The molecule has 2 nitrogen and oxygen atoms in total. The molecule has 1 aliphatic heterocycles. The van der Waals surface area contributed by atoms with E-state index in [4.69, 9.17) is 0 Å². The van der Waals surface area contributed by atoms with Gasteiger partial charge in [0.05, 0.1) is 0 Å². The molecule has 24 heavy (non-hydrogen) atoms. The van der Waals surface area contributed by atoms with Crippen LogP contribution in [-0.2, 0) is 5.41 Å². The summed E-state index contributed by atoms with van der Waals surface area (Å²) in [5.41, 5.74) is 7.39. The van der Waals surface area contributed by atoms with Gasteiger partial charge >= 0.3 is 0 Å². The van der Waals surface area contributed by atoms with Gasteiger partial charge in [0.25, 0.3) is 0 Å². The van der Waals surface area contributed by atoms with E-state index >= 15 is 0 Å². The van der Waals surface area contributed by atoms with Crippen LogP contribution in [-0.4, -0.2) is 11.7 Å². The minimum atomic E-state index is -0.0736. The Morgan fingerprint density at radius 2 is 1.67 bits per heavy atom. The molecule has 0 radical (unpaired) electrons. The Labute approximate surface area is 145 Å². The van der Waals surface area contributed by atoms with Crippen LogP contribution in [0.1, 0.15) is 46.6 Å². The first kappa shape index (κ1) is 16.6. The molecule has 0 fully saturated rings. The zero-order valence-corrected chi connectivity index (χ0v) is 15.4. The van der Waals surface area contributed by atoms with Crippen molar-refractivity contribution in [2.45, 2.75) is 46.5 Å². The highest BCUT2D eigenvalue weighted by molar-refractivity contribution is 5.60. The van der Waals surface area contributed by atoms with E-state index in [1.165, 1.54) is 27.9 Å². The molecule has 0 bridgehead atoms. The Balaban J connectivity index is 2.02. The van der Waals surface area contributed by atoms with Crippen LogP contribution in [0.3, 0.4) is 0 Å². The molecule has 1 atom stereocenters. The number of phenols is 1. The van der Waals surface area contributed by atoms with Crippen molar-refractivity contribution in [2.75, 3.05) is 11.4 Å². The van der Waals surface area contributed by atoms with Crippen LogP contribution in [0.4, 0.5) is 5.69 Å².